The number of rotatable bonds is 5. The average molecular weight is 274 g/mol. The number of aliphatic carboxylic acids is 1. The summed E-state index contributed by atoms with van der Waals surface area (Å²) in [4.78, 5) is 15.1. The van der Waals surface area contributed by atoms with Crippen LogP contribution in [-0.2, 0) is 11.2 Å². The van der Waals surface area contributed by atoms with E-state index in [0.29, 0.717) is 5.75 Å². The van der Waals surface area contributed by atoms with Crippen LogP contribution in [0.25, 0.3) is 10.9 Å². The van der Waals surface area contributed by atoms with E-state index in [2.05, 4.69) is 24.9 Å². The third-order valence-corrected chi connectivity index (χ3v) is 4.16. The number of benzene rings is 1. The standard InChI is InChI=1S/C15H17NO2S/c1-3-11-10(2)12-6-4-5-7-13(12)16-15(11)19-9-8-14(17)18/h4-7H,3,8-9H2,1-2H3,(H,17,18)/p-1. The van der Waals surface area contributed by atoms with Crippen molar-refractivity contribution in [1.82, 2.24) is 4.98 Å². The molecule has 1 heterocycles. The maximum atomic E-state index is 10.5. The number of carbonyl (C=O) groups is 1. The Bertz CT molecular complexity index is 610. The van der Waals surface area contributed by atoms with Gasteiger partial charge in [0.25, 0.3) is 0 Å². The molecule has 0 amide bonds. The minimum Gasteiger partial charge on any atom is -0.550 e. The number of hydrogen-bond acceptors (Lipinski definition) is 4. The molecule has 3 nitrogen and oxygen atoms in total. The molecule has 0 aliphatic rings. The second kappa shape index (κ2) is 6.06. The maximum absolute atomic E-state index is 10.5. The van der Waals surface area contributed by atoms with Crippen molar-refractivity contribution in [2.75, 3.05) is 5.75 Å². The largest absolute Gasteiger partial charge is 0.550 e. The molecule has 0 radical (unpaired) electrons. The van der Waals surface area contributed by atoms with Gasteiger partial charge in [-0.3, -0.25) is 0 Å². The zero-order chi connectivity index (χ0) is 13.8. The summed E-state index contributed by atoms with van der Waals surface area (Å²) in [7, 11) is 0. The van der Waals surface area contributed by atoms with Gasteiger partial charge < -0.3 is 9.90 Å². The summed E-state index contributed by atoms with van der Waals surface area (Å²) in [6.45, 7) is 4.20. The molecule has 0 bridgehead atoms. The molecule has 1 aromatic heterocycles. The Balaban J connectivity index is 2.39. The van der Waals surface area contributed by atoms with Gasteiger partial charge in [0.2, 0.25) is 0 Å². The van der Waals surface area contributed by atoms with E-state index in [1.165, 1.54) is 28.3 Å². The number of aromatic nitrogens is 1. The quantitative estimate of drug-likeness (QED) is 0.785. The predicted molar refractivity (Wildman–Crippen MR) is 76.2 cm³/mol. The molecule has 0 saturated heterocycles. The molecule has 0 aliphatic heterocycles. The van der Waals surface area contributed by atoms with E-state index >= 15 is 0 Å². The second-order valence-electron chi connectivity index (χ2n) is 4.36. The van der Waals surface area contributed by atoms with Gasteiger partial charge in [-0.2, -0.15) is 0 Å². The van der Waals surface area contributed by atoms with Gasteiger partial charge in [0.1, 0.15) is 5.03 Å². The van der Waals surface area contributed by atoms with Crippen LogP contribution in [0, 0.1) is 6.92 Å². The summed E-state index contributed by atoms with van der Waals surface area (Å²) in [6, 6.07) is 8.05. The van der Waals surface area contributed by atoms with Crippen LogP contribution in [-0.4, -0.2) is 16.7 Å². The monoisotopic (exact) mass is 274 g/mol. The fourth-order valence-electron chi connectivity index (χ4n) is 2.15. The highest BCUT2D eigenvalue weighted by Gasteiger charge is 2.10. The molecule has 19 heavy (non-hydrogen) atoms. The molecule has 1 aromatic carbocycles. The highest BCUT2D eigenvalue weighted by atomic mass is 32.2. The molecule has 4 heteroatoms. The Morgan fingerprint density at radius 1 is 1.37 bits per heavy atom. The first kappa shape index (κ1) is 13.9. The SMILES string of the molecule is CCc1c(SCCC(=O)[O-])nc2ccccc2c1C. The summed E-state index contributed by atoms with van der Waals surface area (Å²) in [5.41, 5.74) is 3.42. The number of fused-ring (bicyclic) bond motifs is 1. The molecule has 0 N–H and O–H groups in total. The van der Waals surface area contributed by atoms with Crippen LogP contribution in [0.1, 0.15) is 24.5 Å². The number of carbonyl (C=O) groups excluding carboxylic acids is 1. The maximum Gasteiger partial charge on any atom is 0.100 e. The van der Waals surface area contributed by atoms with E-state index in [9.17, 15) is 9.90 Å². The van der Waals surface area contributed by atoms with E-state index in [-0.39, 0.29) is 6.42 Å². The van der Waals surface area contributed by atoms with Gasteiger partial charge in [-0.25, -0.2) is 4.98 Å². The van der Waals surface area contributed by atoms with Crippen molar-refractivity contribution in [2.45, 2.75) is 31.7 Å². The molecular weight excluding hydrogens is 258 g/mol. The molecule has 0 saturated carbocycles. The van der Waals surface area contributed by atoms with Gasteiger partial charge in [0.15, 0.2) is 0 Å². The number of thioether (sulfide) groups is 1. The van der Waals surface area contributed by atoms with Crippen molar-refractivity contribution in [2.24, 2.45) is 0 Å². The molecular formula is C15H16NO2S-. The molecule has 2 aromatic rings. The molecule has 0 atom stereocenters. The fraction of sp³-hybridized carbons (Fsp3) is 0.333. The van der Waals surface area contributed by atoms with Crippen LogP contribution in [0.2, 0.25) is 0 Å². The van der Waals surface area contributed by atoms with Crippen molar-refractivity contribution in [3.8, 4) is 0 Å². The Kier molecular flexibility index (Phi) is 4.43. The van der Waals surface area contributed by atoms with Crippen LogP contribution in [0.15, 0.2) is 29.3 Å². The Morgan fingerprint density at radius 2 is 2.11 bits per heavy atom. The van der Waals surface area contributed by atoms with Gasteiger partial charge in [0.05, 0.1) is 5.52 Å². The minimum absolute atomic E-state index is 0.0569. The van der Waals surface area contributed by atoms with Crippen molar-refractivity contribution >= 4 is 28.6 Å². The number of pyridine rings is 1. The summed E-state index contributed by atoms with van der Waals surface area (Å²) >= 11 is 1.50. The van der Waals surface area contributed by atoms with Gasteiger partial charge in [0, 0.05) is 17.1 Å². The number of hydrogen-bond donors (Lipinski definition) is 0. The lowest BCUT2D eigenvalue weighted by molar-refractivity contribution is -0.305. The average Bonchev–Trinajstić information content (AvgIpc) is 2.39. The third kappa shape index (κ3) is 3.07. The summed E-state index contributed by atoms with van der Waals surface area (Å²) < 4.78 is 0. The fourth-order valence-corrected chi connectivity index (χ4v) is 3.25. The molecule has 0 aliphatic carbocycles. The van der Waals surface area contributed by atoms with Crippen molar-refractivity contribution in [1.29, 1.82) is 0 Å². The first-order chi connectivity index (χ1) is 9.13. The number of carboxylic acid groups (broad SMARTS) is 1. The van der Waals surface area contributed by atoms with Crippen LogP contribution in [0.5, 0.6) is 0 Å². The summed E-state index contributed by atoms with van der Waals surface area (Å²) in [5, 5.41) is 12.6. The van der Waals surface area contributed by atoms with Crippen LogP contribution < -0.4 is 5.11 Å². The van der Waals surface area contributed by atoms with E-state index in [1.807, 2.05) is 18.2 Å². The van der Waals surface area contributed by atoms with Gasteiger partial charge in [-0.1, -0.05) is 25.1 Å². The normalized spacial score (nSPS) is 10.8. The van der Waals surface area contributed by atoms with Crippen molar-refractivity contribution < 1.29 is 9.90 Å². The van der Waals surface area contributed by atoms with E-state index in [1.54, 1.807) is 0 Å². The second-order valence-corrected chi connectivity index (χ2v) is 5.45. The molecule has 2 rings (SSSR count). The van der Waals surface area contributed by atoms with Gasteiger partial charge in [-0.05, 0) is 37.0 Å². The number of nitrogens with zero attached hydrogens (tertiary/aromatic N) is 1. The van der Waals surface area contributed by atoms with Crippen LogP contribution >= 0.6 is 11.8 Å². The Morgan fingerprint density at radius 3 is 2.79 bits per heavy atom. The lowest BCUT2D eigenvalue weighted by Crippen LogP contribution is -2.22. The summed E-state index contributed by atoms with van der Waals surface area (Å²) in [5.74, 6) is -0.511. The predicted octanol–water partition coefficient (Wildman–Crippen LogP) is 2.34. The van der Waals surface area contributed by atoms with Crippen molar-refractivity contribution in [3.63, 3.8) is 0 Å². The highest BCUT2D eigenvalue weighted by Crippen LogP contribution is 2.29. The molecule has 0 unspecified atom stereocenters. The first-order valence-corrected chi connectivity index (χ1v) is 7.33. The Labute approximate surface area is 117 Å². The summed E-state index contributed by atoms with van der Waals surface area (Å²) in [6.07, 6.45) is 0.957. The van der Waals surface area contributed by atoms with Crippen molar-refractivity contribution in [3.05, 3.63) is 35.4 Å². The lowest BCUT2D eigenvalue weighted by atomic mass is 10.0. The number of aryl methyl sites for hydroxylation is 1. The van der Waals surface area contributed by atoms with Gasteiger partial charge >= 0.3 is 0 Å². The number of carboxylic acids is 1. The lowest BCUT2D eigenvalue weighted by Gasteiger charge is -2.13. The molecule has 0 spiro atoms. The number of para-hydroxylation sites is 1. The smallest absolute Gasteiger partial charge is 0.100 e. The highest BCUT2D eigenvalue weighted by molar-refractivity contribution is 7.99. The molecule has 0 fully saturated rings. The zero-order valence-electron chi connectivity index (χ0n) is 11.1. The first-order valence-electron chi connectivity index (χ1n) is 6.34. The Hall–Kier alpha value is -1.55. The topological polar surface area (TPSA) is 53.0 Å². The molecule has 100 valence electrons. The van der Waals surface area contributed by atoms with Crippen LogP contribution in [0.4, 0.5) is 0 Å². The third-order valence-electron chi connectivity index (χ3n) is 3.14. The minimum atomic E-state index is -1.01. The zero-order valence-corrected chi connectivity index (χ0v) is 11.9. The van der Waals surface area contributed by atoms with Crippen LogP contribution in [0.3, 0.4) is 0 Å². The van der Waals surface area contributed by atoms with Gasteiger partial charge in [-0.15, -0.1) is 11.8 Å². The van der Waals surface area contributed by atoms with E-state index < -0.39 is 5.97 Å². The van der Waals surface area contributed by atoms with E-state index in [4.69, 9.17) is 0 Å². The van der Waals surface area contributed by atoms with E-state index in [0.717, 1.165) is 17.0 Å².